The van der Waals surface area contributed by atoms with E-state index in [1.54, 1.807) is 24.1 Å². The van der Waals surface area contributed by atoms with Gasteiger partial charge in [0, 0.05) is 24.6 Å². The van der Waals surface area contributed by atoms with Gasteiger partial charge in [-0.15, -0.1) is 0 Å². The first-order valence-corrected chi connectivity index (χ1v) is 8.55. The fourth-order valence-corrected chi connectivity index (χ4v) is 3.17. The van der Waals surface area contributed by atoms with Crippen LogP contribution in [-0.2, 0) is 0 Å². The number of likely N-dealkylation sites (tertiary alicyclic amines) is 1. The van der Waals surface area contributed by atoms with Gasteiger partial charge in [-0.2, -0.15) is 4.98 Å². The first-order chi connectivity index (χ1) is 12.7. The number of methoxy groups -OCH3 is 1. The van der Waals surface area contributed by atoms with Crippen LogP contribution in [0, 0.1) is 0 Å². The van der Waals surface area contributed by atoms with Gasteiger partial charge in [0.05, 0.1) is 13.4 Å². The van der Waals surface area contributed by atoms with E-state index >= 15 is 0 Å². The molecule has 0 atom stereocenters. The summed E-state index contributed by atoms with van der Waals surface area (Å²) < 4.78 is 15.9. The van der Waals surface area contributed by atoms with Gasteiger partial charge in [-0.05, 0) is 37.1 Å². The zero-order chi connectivity index (χ0) is 17.9. The Labute approximate surface area is 150 Å². The molecule has 3 aromatic rings. The number of hydrogen-bond donors (Lipinski definition) is 0. The lowest BCUT2D eigenvalue weighted by Gasteiger charge is -2.29. The quantitative estimate of drug-likeness (QED) is 0.715. The summed E-state index contributed by atoms with van der Waals surface area (Å²) in [7, 11) is 1.62. The van der Waals surface area contributed by atoms with Crippen LogP contribution in [0.15, 0.2) is 51.6 Å². The van der Waals surface area contributed by atoms with Crippen molar-refractivity contribution in [2.24, 2.45) is 0 Å². The largest absolute Gasteiger partial charge is 0.497 e. The molecule has 4 rings (SSSR count). The molecule has 0 saturated carbocycles. The normalized spacial score (nSPS) is 15.2. The van der Waals surface area contributed by atoms with Crippen LogP contribution in [0.4, 0.5) is 0 Å². The lowest BCUT2D eigenvalue weighted by molar-refractivity contribution is 0.0672. The van der Waals surface area contributed by atoms with Crippen LogP contribution in [0.2, 0.25) is 0 Å². The molecule has 0 spiro atoms. The summed E-state index contributed by atoms with van der Waals surface area (Å²) >= 11 is 0. The predicted molar refractivity (Wildman–Crippen MR) is 92.9 cm³/mol. The highest BCUT2D eigenvalue weighted by atomic mass is 16.5. The Bertz CT molecular complexity index is 880. The van der Waals surface area contributed by atoms with Gasteiger partial charge in [-0.3, -0.25) is 4.79 Å². The number of aromatic nitrogens is 2. The molecule has 1 saturated heterocycles. The molecule has 1 amide bonds. The van der Waals surface area contributed by atoms with Gasteiger partial charge in [0.25, 0.3) is 5.91 Å². The Hall–Kier alpha value is -3.09. The molecule has 0 aliphatic carbocycles. The second-order valence-corrected chi connectivity index (χ2v) is 6.23. The number of rotatable bonds is 4. The van der Waals surface area contributed by atoms with Gasteiger partial charge in [0.1, 0.15) is 5.75 Å². The number of benzene rings is 1. The zero-order valence-electron chi connectivity index (χ0n) is 14.4. The van der Waals surface area contributed by atoms with Crippen LogP contribution < -0.4 is 4.74 Å². The van der Waals surface area contributed by atoms with Crippen molar-refractivity contribution >= 4 is 5.91 Å². The van der Waals surface area contributed by atoms with E-state index in [1.807, 2.05) is 24.3 Å². The first-order valence-electron chi connectivity index (χ1n) is 8.55. The molecule has 26 heavy (non-hydrogen) atoms. The second-order valence-electron chi connectivity index (χ2n) is 6.23. The van der Waals surface area contributed by atoms with Gasteiger partial charge < -0.3 is 18.6 Å². The van der Waals surface area contributed by atoms with E-state index in [4.69, 9.17) is 13.7 Å². The highest BCUT2D eigenvalue weighted by Crippen LogP contribution is 2.29. The van der Waals surface area contributed by atoms with Gasteiger partial charge in [-0.25, -0.2) is 0 Å². The summed E-state index contributed by atoms with van der Waals surface area (Å²) in [6.45, 7) is 1.28. The van der Waals surface area contributed by atoms with Gasteiger partial charge in [0.15, 0.2) is 5.76 Å². The van der Waals surface area contributed by atoms with E-state index in [0.29, 0.717) is 30.6 Å². The maximum atomic E-state index is 12.3. The summed E-state index contributed by atoms with van der Waals surface area (Å²) in [5.41, 5.74) is 0.852. The van der Waals surface area contributed by atoms with Crippen LogP contribution in [0.5, 0.6) is 5.75 Å². The summed E-state index contributed by atoms with van der Waals surface area (Å²) in [4.78, 5) is 18.7. The Kier molecular flexibility index (Phi) is 4.43. The highest BCUT2D eigenvalue weighted by molar-refractivity contribution is 5.91. The number of carbonyl (C=O) groups is 1. The number of carbonyl (C=O) groups excluding carboxylic acids is 1. The molecule has 1 fully saturated rings. The molecule has 7 nitrogen and oxygen atoms in total. The molecule has 3 heterocycles. The van der Waals surface area contributed by atoms with E-state index in [2.05, 4.69) is 10.1 Å². The second kappa shape index (κ2) is 7.03. The summed E-state index contributed by atoms with van der Waals surface area (Å²) in [6, 6.07) is 11.0. The smallest absolute Gasteiger partial charge is 0.289 e. The van der Waals surface area contributed by atoms with Crippen molar-refractivity contribution in [1.29, 1.82) is 0 Å². The summed E-state index contributed by atoms with van der Waals surface area (Å²) in [5, 5.41) is 4.09. The van der Waals surface area contributed by atoms with Crippen molar-refractivity contribution in [2.45, 2.75) is 18.8 Å². The molecule has 7 heteroatoms. The zero-order valence-corrected chi connectivity index (χ0v) is 14.4. The topological polar surface area (TPSA) is 81.6 Å². The van der Waals surface area contributed by atoms with E-state index in [-0.39, 0.29) is 11.8 Å². The lowest BCUT2D eigenvalue weighted by Crippen LogP contribution is -2.37. The van der Waals surface area contributed by atoms with Crippen LogP contribution in [0.3, 0.4) is 0 Å². The molecule has 0 N–H and O–H groups in total. The Morgan fingerprint density at radius 3 is 2.81 bits per heavy atom. The lowest BCUT2D eigenvalue weighted by atomic mass is 9.96. The monoisotopic (exact) mass is 353 g/mol. The van der Waals surface area contributed by atoms with Crippen molar-refractivity contribution in [3.05, 3.63) is 54.3 Å². The maximum Gasteiger partial charge on any atom is 0.289 e. The minimum absolute atomic E-state index is 0.0731. The molecule has 134 valence electrons. The van der Waals surface area contributed by atoms with Crippen molar-refractivity contribution < 1.29 is 18.5 Å². The average Bonchev–Trinajstić information content (AvgIpc) is 3.40. The van der Waals surface area contributed by atoms with Crippen molar-refractivity contribution in [3.8, 4) is 17.1 Å². The summed E-state index contributed by atoms with van der Waals surface area (Å²) in [5.74, 6) is 2.37. The van der Waals surface area contributed by atoms with E-state index in [0.717, 1.165) is 24.2 Å². The Morgan fingerprint density at radius 2 is 2.08 bits per heavy atom. The number of ether oxygens (including phenoxy) is 1. The molecule has 1 aliphatic rings. The Balaban J connectivity index is 1.42. The molecule has 0 bridgehead atoms. The van der Waals surface area contributed by atoms with Crippen molar-refractivity contribution in [3.63, 3.8) is 0 Å². The van der Waals surface area contributed by atoms with Crippen LogP contribution in [0.25, 0.3) is 11.4 Å². The van der Waals surface area contributed by atoms with Gasteiger partial charge in [0.2, 0.25) is 11.7 Å². The first kappa shape index (κ1) is 16.4. The molecule has 0 unspecified atom stereocenters. The number of nitrogens with zero attached hydrogens (tertiary/aromatic N) is 3. The van der Waals surface area contributed by atoms with Crippen molar-refractivity contribution in [2.75, 3.05) is 20.2 Å². The minimum atomic E-state index is -0.0731. The molecule has 1 aliphatic heterocycles. The number of furan rings is 1. The SMILES string of the molecule is COc1cccc(-c2noc(C3CCN(C(=O)c4ccco4)CC3)n2)c1. The van der Waals surface area contributed by atoms with Crippen LogP contribution in [-0.4, -0.2) is 41.1 Å². The fraction of sp³-hybridized carbons (Fsp3) is 0.316. The number of amides is 1. The van der Waals surface area contributed by atoms with Gasteiger partial charge in [-0.1, -0.05) is 17.3 Å². The maximum absolute atomic E-state index is 12.3. The Morgan fingerprint density at radius 1 is 1.23 bits per heavy atom. The third-order valence-electron chi connectivity index (χ3n) is 4.63. The molecule has 1 aromatic carbocycles. The molecular formula is C19H19N3O4. The fourth-order valence-electron chi connectivity index (χ4n) is 3.17. The van der Waals surface area contributed by atoms with E-state index < -0.39 is 0 Å². The molecule has 0 radical (unpaired) electrons. The summed E-state index contributed by atoms with van der Waals surface area (Å²) in [6.07, 6.45) is 3.08. The van der Waals surface area contributed by atoms with Crippen LogP contribution >= 0.6 is 0 Å². The standard InChI is InChI=1S/C19H19N3O4/c1-24-15-5-2-4-14(12-15)17-20-18(26-21-17)13-7-9-22(10-8-13)19(23)16-6-3-11-25-16/h2-6,11-13H,7-10H2,1H3. The number of hydrogen-bond acceptors (Lipinski definition) is 6. The third-order valence-corrected chi connectivity index (χ3v) is 4.63. The van der Waals surface area contributed by atoms with E-state index in [1.165, 1.54) is 6.26 Å². The van der Waals surface area contributed by atoms with Crippen molar-refractivity contribution in [1.82, 2.24) is 15.0 Å². The predicted octanol–water partition coefficient (Wildman–Crippen LogP) is 3.36. The molecule has 2 aromatic heterocycles. The van der Waals surface area contributed by atoms with Crippen LogP contribution in [0.1, 0.15) is 35.2 Å². The van der Waals surface area contributed by atoms with Gasteiger partial charge >= 0.3 is 0 Å². The highest BCUT2D eigenvalue weighted by Gasteiger charge is 2.29. The minimum Gasteiger partial charge on any atom is -0.497 e. The van der Waals surface area contributed by atoms with E-state index in [9.17, 15) is 4.79 Å². The number of piperidine rings is 1. The molecular weight excluding hydrogens is 334 g/mol. The average molecular weight is 353 g/mol. The third kappa shape index (κ3) is 3.20.